The van der Waals surface area contributed by atoms with E-state index in [1.165, 1.54) is 14.0 Å². The van der Waals surface area contributed by atoms with Crippen molar-refractivity contribution in [2.45, 2.75) is 44.8 Å². The lowest BCUT2D eigenvalue weighted by atomic mass is 9.79. The number of nitrogens with zero attached hydrogens (tertiary/aromatic N) is 1. The quantitative estimate of drug-likeness (QED) is 0.718. The van der Waals surface area contributed by atoms with Gasteiger partial charge in [0.05, 0.1) is 27.8 Å². The molecule has 2 heterocycles. The Morgan fingerprint density at radius 1 is 1.45 bits per heavy atom. The number of esters is 1. The number of ketones is 1. The second-order valence-electron chi connectivity index (χ2n) is 5.59. The van der Waals surface area contributed by atoms with Crippen LogP contribution in [0, 0.1) is 5.92 Å². The van der Waals surface area contributed by atoms with Gasteiger partial charge >= 0.3 is 5.97 Å². The molecule has 0 radical (unpaired) electrons. The van der Waals surface area contributed by atoms with Crippen LogP contribution in [-0.2, 0) is 19.9 Å². The van der Waals surface area contributed by atoms with Crippen molar-refractivity contribution in [1.82, 2.24) is 4.57 Å². The molecular formula is C15H19Br2NO4. The van der Waals surface area contributed by atoms with Gasteiger partial charge in [-0.05, 0) is 51.3 Å². The highest BCUT2D eigenvalue weighted by molar-refractivity contribution is 9.13. The Bertz CT molecular complexity index is 613. The minimum absolute atomic E-state index is 0.222. The van der Waals surface area contributed by atoms with Gasteiger partial charge in [0.2, 0.25) is 5.60 Å². The zero-order valence-electron chi connectivity index (χ0n) is 12.7. The Morgan fingerprint density at radius 3 is 2.59 bits per heavy atom. The molecule has 0 saturated heterocycles. The van der Waals surface area contributed by atoms with Gasteiger partial charge in [0.15, 0.2) is 0 Å². The van der Waals surface area contributed by atoms with Crippen LogP contribution < -0.4 is 0 Å². The zero-order chi connectivity index (χ0) is 16.7. The number of Topliss-reactive ketones (excluding diaryl/α,β-unsaturated/α-hetero) is 1. The van der Waals surface area contributed by atoms with E-state index in [0.29, 0.717) is 12.1 Å². The molecule has 7 heteroatoms. The second kappa shape index (κ2) is 6.45. The van der Waals surface area contributed by atoms with Gasteiger partial charge in [0, 0.05) is 6.04 Å². The molecule has 0 aliphatic carbocycles. The minimum Gasteiger partial charge on any atom is -0.467 e. The van der Waals surface area contributed by atoms with Gasteiger partial charge in [-0.15, -0.1) is 0 Å². The Morgan fingerprint density at radius 2 is 2.09 bits per heavy atom. The van der Waals surface area contributed by atoms with E-state index in [4.69, 9.17) is 4.74 Å². The predicted molar refractivity (Wildman–Crippen MR) is 88.5 cm³/mol. The van der Waals surface area contributed by atoms with Gasteiger partial charge in [-0.25, -0.2) is 4.79 Å². The third-order valence-corrected chi connectivity index (χ3v) is 6.22. The average molecular weight is 437 g/mol. The molecule has 1 N–H and O–H groups in total. The first-order valence-electron chi connectivity index (χ1n) is 7.18. The maximum atomic E-state index is 12.3. The van der Waals surface area contributed by atoms with Crippen molar-refractivity contribution >= 4 is 43.6 Å². The summed E-state index contributed by atoms with van der Waals surface area (Å²) in [5, 5.41) is 11.1. The second-order valence-corrected chi connectivity index (χ2v) is 7.20. The number of aliphatic hydroxyl groups is 1. The van der Waals surface area contributed by atoms with Crippen LogP contribution in [0.5, 0.6) is 0 Å². The minimum atomic E-state index is -1.95. The monoisotopic (exact) mass is 435 g/mol. The van der Waals surface area contributed by atoms with Crippen molar-refractivity contribution in [3.8, 4) is 0 Å². The summed E-state index contributed by atoms with van der Waals surface area (Å²) in [7, 11) is 1.22. The predicted octanol–water partition coefficient (Wildman–Crippen LogP) is 3.32. The number of hydrogen-bond acceptors (Lipinski definition) is 4. The van der Waals surface area contributed by atoms with Crippen molar-refractivity contribution in [3.05, 3.63) is 20.8 Å². The molecular weight excluding hydrogens is 418 g/mol. The fraction of sp³-hybridized carbons (Fsp3) is 0.600. The number of methoxy groups -OCH3 is 1. The Labute approximate surface area is 146 Å². The smallest absolute Gasteiger partial charge is 0.345 e. The molecule has 0 bridgehead atoms. The van der Waals surface area contributed by atoms with E-state index in [1.54, 1.807) is 6.07 Å². The summed E-state index contributed by atoms with van der Waals surface area (Å²) in [6.45, 7) is 3.47. The van der Waals surface area contributed by atoms with Crippen LogP contribution in [0.1, 0.15) is 44.8 Å². The maximum absolute atomic E-state index is 12.3. The number of unbranched alkanes of at least 4 members (excludes halogenated alkanes) is 1. The number of ether oxygens (including phenoxy) is 1. The topological polar surface area (TPSA) is 68.5 Å². The first kappa shape index (κ1) is 17.7. The summed E-state index contributed by atoms with van der Waals surface area (Å²) in [5.74, 6) is -1.86. The van der Waals surface area contributed by atoms with E-state index in [0.717, 1.165) is 21.9 Å². The van der Waals surface area contributed by atoms with Crippen LogP contribution in [0.4, 0.5) is 0 Å². The highest BCUT2D eigenvalue weighted by Gasteiger charge is 2.60. The first-order chi connectivity index (χ1) is 10.3. The number of rotatable bonds is 5. The summed E-state index contributed by atoms with van der Waals surface area (Å²) >= 11 is 6.88. The normalized spacial score (nSPS) is 26.8. The van der Waals surface area contributed by atoms with Gasteiger partial charge in [-0.2, -0.15) is 0 Å². The zero-order valence-corrected chi connectivity index (χ0v) is 15.9. The highest BCUT2D eigenvalue weighted by Crippen LogP contribution is 2.52. The molecule has 1 aliphatic rings. The van der Waals surface area contributed by atoms with Crippen LogP contribution >= 0.6 is 31.9 Å². The third-order valence-electron chi connectivity index (χ3n) is 4.28. The lowest BCUT2D eigenvalue weighted by Crippen LogP contribution is -2.45. The molecule has 5 nitrogen and oxygen atoms in total. The van der Waals surface area contributed by atoms with Crippen LogP contribution in [0.2, 0.25) is 0 Å². The molecule has 0 aromatic carbocycles. The summed E-state index contributed by atoms with van der Waals surface area (Å²) < 4.78 is 8.07. The van der Waals surface area contributed by atoms with Gasteiger partial charge in [0.25, 0.3) is 0 Å². The standard InChI is InChI=1S/C15H19Br2NO4/c1-4-5-6-10-12(8(2)19)15(21,14(20)22-3)11-7-9(16)13(17)18(10)11/h7,10,12,21H,4-6H2,1-3H3. The molecule has 0 amide bonds. The van der Waals surface area contributed by atoms with E-state index in [1.807, 2.05) is 4.57 Å². The van der Waals surface area contributed by atoms with Gasteiger partial charge in [-0.3, -0.25) is 4.79 Å². The van der Waals surface area contributed by atoms with E-state index in [2.05, 4.69) is 38.8 Å². The molecule has 0 saturated carbocycles. The van der Waals surface area contributed by atoms with Gasteiger partial charge < -0.3 is 14.4 Å². The van der Waals surface area contributed by atoms with Crippen LogP contribution in [0.3, 0.4) is 0 Å². The van der Waals surface area contributed by atoms with Gasteiger partial charge in [0.1, 0.15) is 5.78 Å². The summed E-state index contributed by atoms with van der Waals surface area (Å²) in [6.07, 6.45) is 2.56. The van der Waals surface area contributed by atoms with Crippen molar-refractivity contribution in [2.75, 3.05) is 7.11 Å². The molecule has 122 valence electrons. The number of aromatic nitrogens is 1. The van der Waals surface area contributed by atoms with Crippen LogP contribution in [0.15, 0.2) is 15.1 Å². The van der Waals surface area contributed by atoms with Crippen LogP contribution in [-0.4, -0.2) is 28.5 Å². The molecule has 1 aliphatic heterocycles. The molecule has 2 rings (SSSR count). The summed E-state index contributed by atoms with van der Waals surface area (Å²) in [4.78, 5) is 24.5. The third kappa shape index (κ3) is 2.47. The Balaban J connectivity index is 2.66. The highest BCUT2D eigenvalue weighted by atomic mass is 79.9. The fourth-order valence-electron chi connectivity index (χ4n) is 3.34. The van der Waals surface area contributed by atoms with E-state index >= 15 is 0 Å². The Hall–Kier alpha value is -0.660. The lowest BCUT2D eigenvalue weighted by Gasteiger charge is -2.28. The van der Waals surface area contributed by atoms with Crippen LogP contribution in [0.25, 0.3) is 0 Å². The van der Waals surface area contributed by atoms with E-state index in [9.17, 15) is 14.7 Å². The Kier molecular flexibility index (Phi) is 5.19. The molecule has 0 spiro atoms. The average Bonchev–Trinajstić information content (AvgIpc) is 2.90. The summed E-state index contributed by atoms with van der Waals surface area (Å²) in [6, 6.07) is 1.39. The van der Waals surface area contributed by atoms with Crippen molar-refractivity contribution in [2.24, 2.45) is 5.92 Å². The first-order valence-corrected chi connectivity index (χ1v) is 8.77. The number of carbonyl (C=O) groups excluding carboxylic acids is 2. The maximum Gasteiger partial charge on any atom is 0.345 e. The number of carbonyl (C=O) groups is 2. The largest absolute Gasteiger partial charge is 0.467 e. The van der Waals surface area contributed by atoms with Crippen molar-refractivity contribution in [1.29, 1.82) is 0 Å². The molecule has 3 unspecified atom stereocenters. The number of fused-ring (bicyclic) bond motifs is 1. The SMILES string of the molecule is CCCCC1C(C(C)=O)C(O)(C(=O)OC)c2cc(Br)c(Br)n21. The fourth-order valence-corrected chi connectivity index (χ4v) is 4.31. The number of hydrogen-bond donors (Lipinski definition) is 1. The van der Waals surface area contributed by atoms with E-state index in [-0.39, 0.29) is 11.8 Å². The summed E-state index contributed by atoms with van der Waals surface area (Å²) in [5.41, 5.74) is -1.56. The number of halogens is 2. The molecule has 1 aromatic heterocycles. The molecule has 1 aromatic rings. The van der Waals surface area contributed by atoms with Crippen molar-refractivity contribution < 1.29 is 19.4 Å². The lowest BCUT2D eigenvalue weighted by molar-refractivity contribution is -0.172. The molecule has 22 heavy (non-hydrogen) atoms. The molecule has 3 atom stereocenters. The van der Waals surface area contributed by atoms with Gasteiger partial charge in [-0.1, -0.05) is 19.8 Å². The van der Waals surface area contributed by atoms with E-state index < -0.39 is 17.5 Å². The van der Waals surface area contributed by atoms with Crippen molar-refractivity contribution in [3.63, 3.8) is 0 Å². The molecule has 0 fully saturated rings.